The summed E-state index contributed by atoms with van der Waals surface area (Å²) >= 11 is 6.11. The number of hydrogen-bond donors (Lipinski definition) is 1. The Morgan fingerprint density at radius 3 is 2.36 bits per heavy atom. The Balaban J connectivity index is 0.00000267. The van der Waals surface area contributed by atoms with Crippen LogP contribution in [0.25, 0.3) is 0 Å². The van der Waals surface area contributed by atoms with Crippen molar-refractivity contribution in [2.75, 3.05) is 13.1 Å². The van der Waals surface area contributed by atoms with Crippen molar-refractivity contribution in [3.8, 4) is 0 Å². The van der Waals surface area contributed by atoms with E-state index in [0.29, 0.717) is 19.0 Å². The number of piperidine rings is 1. The summed E-state index contributed by atoms with van der Waals surface area (Å²) in [5, 5.41) is 3.94. The van der Waals surface area contributed by atoms with Crippen molar-refractivity contribution in [3.63, 3.8) is 0 Å². The minimum absolute atomic E-state index is 0. The molecule has 0 saturated carbocycles. The minimum atomic E-state index is -0.550. The lowest BCUT2D eigenvalue weighted by Gasteiger charge is -2.46. The molecule has 1 saturated heterocycles. The fourth-order valence-corrected chi connectivity index (χ4v) is 6.17. The molecule has 3 N–H and O–H groups in total. The highest BCUT2D eigenvalue weighted by atomic mass is 35.5. The molecule has 1 heterocycles. The van der Waals surface area contributed by atoms with Gasteiger partial charge in [-0.25, -0.2) is 0 Å². The van der Waals surface area contributed by atoms with Gasteiger partial charge in [0.15, 0.2) is 0 Å². The van der Waals surface area contributed by atoms with E-state index < -0.39 is 6.04 Å². The number of likely N-dealkylation sites (tertiary alicyclic amines) is 1. The standard InChI is InChI=1S/C32H41ClN2O2.CH4.H2O/c1-22(2)29(34-30(36)28(24-11-7-5-8-12-24)25-13-9-6-10-14-25)31(37)35-20-19-27(32(3,4)21-35)23-15-17-26(33)18-16-23;;/h5,7,9,11,13-18,22,27-29H,6,8,10,12,19-21H2,1-4H3,(H,34,36);1H4;1H2/t27-,28?,29-;;/m1../s1. The molecule has 39 heavy (non-hydrogen) atoms. The summed E-state index contributed by atoms with van der Waals surface area (Å²) in [5.74, 6) is -0.0494. The highest BCUT2D eigenvalue weighted by Crippen LogP contribution is 2.42. The van der Waals surface area contributed by atoms with Crippen LogP contribution in [0.2, 0.25) is 5.02 Å². The quantitative estimate of drug-likeness (QED) is 0.402. The molecule has 1 unspecified atom stereocenters. The predicted octanol–water partition coefficient (Wildman–Crippen LogP) is 6.80. The summed E-state index contributed by atoms with van der Waals surface area (Å²) in [6.45, 7) is 9.84. The first-order chi connectivity index (χ1) is 17.7. The Morgan fingerprint density at radius 1 is 1.08 bits per heavy atom. The van der Waals surface area contributed by atoms with E-state index in [1.165, 1.54) is 5.56 Å². The average molecular weight is 555 g/mol. The number of allylic oxidation sites excluding steroid dienone is 6. The molecule has 3 atom stereocenters. The number of carbonyl (C=O) groups excluding carboxylic acids is 2. The number of nitrogens with zero attached hydrogens (tertiary/aromatic N) is 1. The van der Waals surface area contributed by atoms with Gasteiger partial charge in [0.25, 0.3) is 0 Å². The van der Waals surface area contributed by atoms with E-state index >= 15 is 0 Å². The van der Waals surface area contributed by atoms with E-state index in [2.05, 4.69) is 61.7 Å². The predicted molar refractivity (Wildman–Crippen MR) is 163 cm³/mol. The van der Waals surface area contributed by atoms with E-state index in [1.54, 1.807) is 0 Å². The number of halogens is 1. The molecule has 214 valence electrons. The topological polar surface area (TPSA) is 80.9 Å². The van der Waals surface area contributed by atoms with Crippen molar-refractivity contribution < 1.29 is 15.1 Å². The van der Waals surface area contributed by atoms with Gasteiger partial charge >= 0.3 is 0 Å². The molecule has 1 aromatic rings. The molecule has 1 aliphatic heterocycles. The summed E-state index contributed by atoms with van der Waals surface area (Å²) in [7, 11) is 0. The van der Waals surface area contributed by atoms with Gasteiger partial charge in [0.1, 0.15) is 6.04 Å². The second-order valence-corrected chi connectivity index (χ2v) is 12.1. The van der Waals surface area contributed by atoms with Crippen LogP contribution in [0.4, 0.5) is 0 Å². The van der Waals surface area contributed by atoms with Gasteiger partial charge in [-0.05, 0) is 72.6 Å². The molecule has 3 aliphatic rings. The van der Waals surface area contributed by atoms with Gasteiger partial charge in [-0.15, -0.1) is 0 Å². The zero-order chi connectivity index (χ0) is 26.6. The smallest absolute Gasteiger partial charge is 0.245 e. The van der Waals surface area contributed by atoms with Gasteiger partial charge in [-0.1, -0.05) is 101 Å². The number of rotatable bonds is 7. The lowest BCUT2D eigenvalue weighted by molar-refractivity contribution is -0.141. The number of hydrogen-bond acceptors (Lipinski definition) is 2. The van der Waals surface area contributed by atoms with Crippen molar-refractivity contribution in [1.82, 2.24) is 10.2 Å². The number of carbonyl (C=O) groups is 2. The lowest BCUT2D eigenvalue weighted by atomic mass is 9.70. The Hall–Kier alpha value is -2.63. The van der Waals surface area contributed by atoms with Crippen LogP contribution in [-0.4, -0.2) is 41.3 Å². The molecule has 4 rings (SSSR count). The van der Waals surface area contributed by atoms with Gasteiger partial charge in [0.05, 0.1) is 5.92 Å². The van der Waals surface area contributed by atoms with Crippen molar-refractivity contribution >= 4 is 23.4 Å². The van der Waals surface area contributed by atoms with Gasteiger partial charge < -0.3 is 15.7 Å². The first kappa shape index (κ1) is 32.6. The van der Waals surface area contributed by atoms with Gasteiger partial charge in [0, 0.05) is 18.1 Å². The normalized spacial score (nSPS) is 21.6. The largest absolute Gasteiger partial charge is 0.412 e. The summed E-state index contributed by atoms with van der Waals surface area (Å²) in [4.78, 5) is 29.6. The summed E-state index contributed by atoms with van der Waals surface area (Å²) in [6, 6.07) is 7.55. The van der Waals surface area contributed by atoms with Crippen molar-refractivity contribution in [2.45, 2.75) is 79.2 Å². The second kappa shape index (κ2) is 14.1. The van der Waals surface area contributed by atoms with Crippen LogP contribution in [0.15, 0.2) is 71.9 Å². The Kier molecular flexibility index (Phi) is 11.8. The van der Waals surface area contributed by atoms with Crippen molar-refractivity contribution in [2.24, 2.45) is 17.3 Å². The Labute approximate surface area is 240 Å². The molecule has 0 spiro atoms. The summed E-state index contributed by atoms with van der Waals surface area (Å²) in [6.07, 6.45) is 17.3. The van der Waals surface area contributed by atoms with Gasteiger partial charge in [0.2, 0.25) is 11.8 Å². The van der Waals surface area contributed by atoms with Gasteiger partial charge in [-0.3, -0.25) is 9.59 Å². The van der Waals surface area contributed by atoms with Crippen LogP contribution in [0.5, 0.6) is 0 Å². The van der Waals surface area contributed by atoms with Crippen LogP contribution in [-0.2, 0) is 9.59 Å². The van der Waals surface area contributed by atoms with E-state index in [1.807, 2.05) is 37.0 Å². The molecule has 0 aromatic heterocycles. The Bertz CT molecular complexity index is 1110. The molecule has 1 aromatic carbocycles. The van der Waals surface area contributed by atoms with Crippen LogP contribution in [0.1, 0.15) is 78.7 Å². The third-order valence-electron chi connectivity index (χ3n) is 8.08. The van der Waals surface area contributed by atoms with Crippen molar-refractivity contribution in [1.29, 1.82) is 0 Å². The van der Waals surface area contributed by atoms with Crippen LogP contribution < -0.4 is 5.32 Å². The number of nitrogens with one attached hydrogen (secondary N) is 1. The first-order valence-electron chi connectivity index (χ1n) is 13.7. The zero-order valence-electron chi connectivity index (χ0n) is 23.2. The maximum absolute atomic E-state index is 13.9. The number of amides is 2. The molecule has 2 amide bonds. The molecular formula is C33H47ClN2O3. The molecule has 1 fully saturated rings. The lowest BCUT2D eigenvalue weighted by Crippen LogP contribution is -2.56. The molecular weight excluding hydrogens is 508 g/mol. The van der Waals surface area contributed by atoms with Crippen LogP contribution in [0, 0.1) is 17.3 Å². The molecule has 5 nitrogen and oxygen atoms in total. The number of benzene rings is 1. The van der Waals surface area contributed by atoms with E-state index in [4.69, 9.17) is 11.6 Å². The fourth-order valence-electron chi connectivity index (χ4n) is 6.05. The highest BCUT2D eigenvalue weighted by molar-refractivity contribution is 6.30. The monoisotopic (exact) mass is 554 g/mol. The summed E-state index contributed by atoms with van der Waals surface area (Å²) in [5.41, 5.74) is 3.34. The van der Waals surface area contributed by atoms with Gasteiger partial charge in [-0.2, -0.15) is 0 Å². The fraction of sp³-hybridized carbons (Fsp3) is 0.515. The molecule has 0 radical (unpaired) electrons. The van der Waals surface area contributed by atoms with E-state index in [0.717, 1.165) is 48.3 Å². The highest BCUT2D eigenvalue weighted by Gasteiger charge is 2.41. The van der Waals surface area contributed by atoms with E-state index in [-0.39, 0.29) is 42.0 Å². The zero-order valence-corrected chi connectivity index (χ0v) is 23.9. The van der Waals surface area contributed by atoms with Crippen LogP contribution >= 0.6 is 11.6 Å². The average Bonchev–Trinajstić information content (AvgIpc) is 2.88. The van der Waals surface area contributed by atoms with Crippen LogP contribution in [0.3, 0.4) is 0 Å². The second-order valence-electron chi connectivity index (χ2n) is 11.7. The molecule has 2 aliphatic carbocycles. The maximum Gasteiger partial charge on any atom is 0.245 e. The minimum Gasteiger partial charge on any atom is -0.412 e. The molecule has 0 bridgehead atoms. The third-order valence-corrected chi connectivity index (χ3v) is 8.33. The Morgan fingerprint density at radius 2 is 1.79 bits per heavy atom. The summed E-state index contributed by atoms with van der Waals surface area (Å²) < 4.78 is 0. The first-order valence-corrected chi connectivity index (χ1v) is 14.1. The molecule has 6 heteroatoms. The third kappa shape index (κ3) is 7.73. The van der Waals surface area contributed by atoms with Crippen molar-refractivity contribution in [3.05, 3.63) is 82.5 Å². The van der Waals surface area contributed by atoms with E-state index in [9.17, 15) is 9.59 Å². The SMILES string of the molecule is C.CC(C)[C@@H](NC(=O)C(C1=CCCC=C1)C1=CC=CCC1)C(=O)N1CC[C@H](c2ccc(Cl)cc2)C(C)(C)C1.O. The maximum atomic E-state index is 13.9.